The molecule has 0 bridgehead atoms. The molecule has 4 heterocycles. The van der Waals surface area contributed by atoms with E-state index < -0.39 is 0 Å². The second-order valence-electron chi connectivity index (χ2n) is 7.75. The fourth-order valence-electron chi connectivity index (χ4n) is 3.69. The Kier molecular flexibility index (Phi) is 5.73. The molecule has 162 valence electrons. The number of amides is 1. The zero-order valence-corrected chi connectivity index (χ0v) is 19.0. The third-order valence-corrected chi connectivity index (χ3v) is 6.69. The van der Waals surface area contributed by atoms with Gasteiger partial charge >= 0.3 is 0 Å². The van der Waals surface area contributed by atoms with Crippen molar-refractivity contribution in [3.63, 3.8) is 0 Å². The summed E-state index contributed by atoms with van der Waals surface area (Å²) in [5.74, 6) is 1.11. The number of rotatable bonds is 4. The highest BCUT2D eigenvalue weighted by atomic mass is 35.5. The molecule has 1 fully saturated rings. The van der Waals surface area contributed by atoms with Gasteiger partial charge in [0.15, 0.2) is 0 Å². The van der Waals surface area contributed by atoms with E-state index in [0.29, 0.717) is 15.7 Å². The first-order valence-corrected chi connectivity index (χ1v) is 11.5. The van der Waals surface area contributed by atoms with Crippen LogP contribution < -0.4 is 10.2 Å². The number of fused-ring (bicyclic) bond motifs is 1. The molecule has 0 saturated carbocycles. The van der Waals surface area contributed by atoms with Crippen LogP contribution >= 0.6 is 22.9 Å². The molecule has 1 aromatic carbocycles. The van der Waals surface area contributed by atoms with Crippen molar-refractivity contribution in [3.05, 3.63) is 64.9 Å². The van der Waals surface area contributed by atoms with E-state index in [1.54, 1.807) is 24.7 Å². The zero-order valence-electron chi connectivity index (χ0n) is 17.5. The van der Waals surface area contributed by atoms with Crippen LogP contribution in [-0.4, -0.2) is 59.0 Å². The lowest BCUT2D eigenvalue weighted by Crippen LogP contribution is -2.44. The molecule has 9 heteroatoms. The first-order valence-electron chi connectivity index (χ1n) is 10.3. The predicted octanol–water partition coefficient (Wildman–Crippen LogP) is 4.41. The van der Waals surface area contributed by atoms with Crippen LogP contribution in [0.2, 0.25) is 4.34 Å². The number of carbonyl (C=O) groups excluding carboxylic acids is 1. The van der Waals surface area contributed by atoms with Crippen LogP contribution in [0, 0.1) is 0 Å². The van der Waals surface area contributed by atoms with Gasteiger partial charge in [0.2, 0.25) is 0 Å². The number of carbonyl (C=O) groups is 1. The first kappa shape index (κ1) is 20.8. The van der Waals surface area contributed by atoms with E-state index in [1.165, 1.54) is 11.3 Å². The molecule has 0 spiro atoms. The lowest BCUT2D eigenvalue weighted by atomic mass is 10.1. The molecular weight excluding hydrogens is 444 g/mol. The highest BCUT2D eigenvalue weighted by Crippen LogP contribution is 2.30. The number of anilines is 2. The molecular formula is C23H21ClN6OS. The third-order valence-electron chi connectivity index (χ3n) is 5.52. The van der Waals surface area contributed by atoms with E-state index in [4.69, 9.17) is 11.6 Å². The Labute approximate surface area is 194 Å². The molecule has 0 aliphatic carbocycles. The summed E-state index contributed by atoms with van der Waals surface area (Å²) >= 11 is 7.46. The van der Waals surface area contributed by atoms with Gasteiger partial charge in [0.05, 0.1) is 6.20 Å². The van der Waals surface area contributed by atoms with E-state index in [1.807, 2.05) is 30.3 Å². The van der Waals surface area contributed by atoms with Gasteiger partial charge in [-0.2, -0.15) is 0 Å². The van der Waals surface area contributed by atoms with Gasteiger partial charge in [0.1, 0.15) is 21.0 Å². The number of nitrogens with one attached hydrogen (secondary N) is 1. The molecule has 0 atom stereocenters. The van der Waals surface area contributed by atoms with Crippen molar-refractivity contribution in [1.29, 1.82) is 0 Å². The highest BCUT2D eigenvalue weighted by Gasteiger charge is 2.17. The first-order chi connectivity index (χ1) is 15.5. The van der Waals surface area contributed by atoms with Crippen molar-refractivity contribution in [2.45, 2.75) is 0 Å². The Hall–Kier alpha value is -3.07. The number of likely N-dealkylation sites (N-methyl/N-ethyl adjacent to an activating group) is 1. The summed E-state index contributed by atoms with van der Waals surface area (Å²) in [6.45, 7) is 3.75. The van der Waals surface area contributed by atoms with Crippen molar-refractivity contribution in [2.24, 2.45) is 0 Å². The van der Waals surface area contributed by atoms with Crippen LogP contribution in [0.5, 0.6) is 0 Å². The van der Waals surface area contributed by atoms with Gasteiger partial charge in [-0.15, -0.1) is 11.3 Å². The maximum Gasteiger partial charge on any atom is 0.257 e. The van der Waals surface area contributed by atoms with Gasteiger partial charge in [-0.05, 0) is 36.7 Å². The lowest BCUT2D eigenvalue weighted by molar-refractivity contribution is 0.102. The Balaban J connectivity index is 1.36. The average molecular weight is 465 g/mol. The third kappa shape index (κ3) is 4.43. The van der Waals surface area contributed by atoms with Gasteiger partial charge in [-0.1, -0.05) is 23.7 Å². The molecule has 0 radical (unpaired) electrons. The van der Waals surface area contributed by atoms with Crippen molar-refractivity contribution in [3.8, 4) is 10.6 Å². The van der Waals surface area contributed by atoms with Crippen molar-refractivity contribution >= 4 is 51.3 Å². The molecule has 0 unspecified atom stereocenters. The van der Waals surface area contributed by atoms with Crippen LogP contribution in [-0.2, 0) is 0 Å². The van der Waals surface area contributed by atoms with Gasteiger partial charge < -0.3 is 15.1 Å². The second-order valence-corrected chi connectivity index (χ2v) is 9.41. The number of halogens is 1. The van der Waals surface area contributed by atoms with E-state index in [2.05, 4.69) is 37.1 Å². The Morgan fingerprint density at radius 2 is 1.84 bits per heavy atom. The smallest absolute Gasteiger partial charge is 0.257 e. The minimum absolute atomic E-state index is 0.211. The van der Waals surface area contributed by atoms with Crippen LogP contribution in [0.1, 0.15) is 10.4 Å². The van der Waals surface area contributed by atoms with E-state index >= 15 is 0 Å². The van der Waals surface area contributed by atoms with Crippen molar-refractivity contribution < 1.29 is 4.79 Å². The number of thiazole rings is 1. The summed E-state index contributed by atoms with van der Waals surface area (Å²) in [7, 11) is 2.11. The number of hydrogen-bond acceptors (Lipinski definition) is 7. The molecule has 1 aliphatic heterocycles. The zero-order chi connectivity index (χ0) is 22.1. The molecule has 1 saturated heterocycles. The van der Waals surface area contributed by atoms with Crippen molar-refractivity contribution in [1.82, 2.24) is 19.9 Å². The largest absolute Gasteiger partial charge is 0.354 e. The van der Waals surface area contributed by atoms with Gasteiger partial charge in [0.25, 0.3) is 5.91 Å². The van der Waals surface area contributed by atoms with Crippen LogP contribution in [0.25, 0.3) is 21.3 Å². The Morgan fingerprint density at radius 1 is 1.00 bits per heavy atom. The Morgan fingerprint density at radius 3 is 2.62 bits per heavy atom. The minimum atomic E-state index is -0.211. The van der Waals surface area contributed by atoms with Gasteiger partial charge in [-0.3, -0.25) is 4.79 Å². The standard InChI is InChI=1S/C23H21ClN6OS/c1-29-6-8-30(9-7-29)21-12-15(4-5-25-21)22(31)28-20-11-18-10-16(2-3-17(18)13-26-20)23-27-14-19(24)32-23/h2-5,10-14H,6-9H2,1H3,(H,26,28,31). The van der Waals surface area contributed by atoms with Crippen LogP contribution in [0.4, 0.5) is 11.6 Å². The van der Waals surface area contributed by atoms with Crippen LogP contribution in [0.3, 0.4) is 0 Å². The molecule has 1 aliphatic rings. The van der Waals surface area contributed by atoms with E-state index in [-0.39, 0.29) is 5.91 Å². The highest BCUT2D eigenvalue weighted by molar-refractivity contribution is 7.18. The predicted molar refractivity (Wildman–Crippen MR) is 130 cm³/mol. The summed E-state index contributed by atoms with van der Waals surface area (Å²) in [5, 5.41) is 5.71. The lowest BCUT2D eigenvalue weighted by Gasteiger charge is -2.33. The Bertz CT molecular complexity index is 1280. The molecule has 32 heavy (non-hydrogen) atoms. The monoisotopic (exact) mass is 464 g/mol. The van der Waals surface area contributed by atoms with E-state index in [0.717, 1.165) is 53.3 Å². The van der Waals surface area contributed by atoms with Gasteiger partial charge in [0, 0.05) is 55.1 Å². The second kappa shape index (κ2) is 8.82. The maximum atomic E-state index is 12.9. The molecule has 4 aromatic rings. The quantitative estimate of drug-likeness (QED) is 0.482. The number of pyridine rings is 2. The molecule has 1 amide bonds. The molecule has 1 N–H and O–H groups in total. The van der Waals surface area contributed by atoms with Crippen LogP contribution in [0.15, 0.2) is 55.0 Å². The summed E-state index contributed by atoms with van der Waals surface area (Å²) < 4.78 is 0.649. The maximum absolute atomic E-state index is 12.9. The van der Waals surface area contributed by atoms with E-state index in [9.17, 15) is 4.79 Å². The summed E-state index contributed by atoms with van der Waals surface area (Å²) in [5.41, 5.74) is 1.53. The summed E-state index contributed by atoms with van der Waals surface area (Å²) in [4.78, 5) is 30.6. The molecule has 3 aromatic heterocycles. The summed E-state index contributed by atoms with van der Waals surface area (Å²) in [6, 6.07) is 11.4. The molecule has 5 rings (SSSR count). The SMILES string of the molecule is CN1CCN(c2cc(C(=O)Nc3cc4cc(-c5ncc(Cl)s5)ccc4cn3)ccn2)CC1. The fourth-order valence-corrected chi connectivity index (χ4v) is 4.60. The topological polar surface area (TPSA) is 74.2 Å². The molecule has 7 nitrogen and oxygen atoms in total. The number of hydrogen-bond donors (Lipinski definition) is 1. The van der Waals surface area contributed by atoms with Gasteiger partial charge in [-0.25, -0.2) is 15.0 Å². The number of benzene rings is 1. The van der Waals surface area contributed by atoms with Crippen molar-refractivity contribution in [2.75, 3.05) is 43.4 Å². The normalized spacial score (nSPS) is 14.6. The fraction of sp³-hybridized carbons (Fsp3) is 0.217. The number of aromatic nitrogens is 3. The number of piperazine rings is 1. The number of nitrogens with zero attached hydrogens (tertiary/aromatic N) is 5. The minimum Gasteiger partial charge on any atom is -0.354 e. The summed E-state index contributed by atoms with van der Waals surface area (Å²) in [6.07, 6.45) is 5.09. The average Bonchev–Trinajstić information content (AvgIpc) is 3.25.